The van der Waals surface area contributed by atoms with Crippen LogP contribution in [0.25, 0.3) is 0 Å². The zero-order valence-electron chi connectivity index (χ0n) is 17.8. The largest absolute Gasteiger partial charge is 0.497 e. The van der Waals surface area contributed by atoms with Crippen molar-refractivity contribution in [1.29, 1.82) is 0 Å². The van der Waals surface area contributed by atoms with Crippen LogP contribution in [0.2, 0.25) is 0 Å². The highest BCUT2D eigenvalue weighted by molar-refractivity contribution is 5.98. The number of carbonyl (C=O) groups is 2. The Morgan fingerprint density at radius 1 is 0.897 bits per heavy atom. The number of benzene rings is 2. The molecule has 0 fully saturated rings. The number of nitrogens with one attached hydrogen (secondary N) is 3. The van der Waals surface area contributed by atoms with Crippen LogP contribution in [-0.4, -0.2) is 32.1 Å². The van der Waals surface area contributed by atoms with Crippen LogP contribution in [0.3, 0.4) is 0 Å². The summed E-state index contributed by atoms with van der Waals surface area (Å²) in [6, 6.07) is 11.9. The molecular formula is C22H29N3O4. The van der Waals surface area contributed by atoms with E-state index < -0.39 is 11.5 Å². The van der Waals surface area contributed by atoms with Crippen molar-refractivity contribution < 1.29 is 19.1 Å². The molecule has 0 spiro atoms. The van der Waals surface area contributed by atoms with Gasteiger partial charge in [0.15, 0.2) is 0 Å². The highest BCUT2D eigenvalue weighted by Gasteiger charge is 2.21. The first-order valence-electron chi connectivity index (χ1n) is 9.35. The molecule has 29 heavy (non-hydrogen) atoms. The predicted octanol–water partition coefficient (Wildman–Crippen LogP) is 4.13. The lowest BCUT2D eigenvalue weighted by molar-refractivity contribution is -0.123. The Bertz CT molecular complexity index is 857. The lowest BCUT2D eigenvalue weighted by atomic mass is 9.95. The van der Waals surface area contributed by atoms with E-state index in [4.69, 9.17) is 9.47 Å². The summed E-state index contributed by atoms with van der Waals surface area (Å²) in [6.45, 7) is 7.33. The fourth-order valence-corrected chi connectivity index (χ4v) is 2.44. The number of hydrogen-bond donors (Lipinski definition) is 3. The topological polar surface area (TPSA) is 88.7 Å². The van der Waals surface area contributed by atoms with E-state index in [0.29, 0.717) is 22.9 Å². The molecule has 2 aromatic rings. The van der Waals surface area contributed by atoms with Gasteiger partial charge >= 0.3 is 0 Å². The van der Waals surface area contributed by atoms with E-state index in [2.05, 4.69) is 16.0 Å². The monoisotopic (exact) mass is 399 g/mol. The van der Waals surface area contributed by atoms with Crippen LogP contribution in [-0.2, 0) is 9.59 Å². The molecule has 0 aromatic heterocycles. The zero-order valence-corrected chi connectivity index (χ0v) is 17.8. The molecule has 7 heteroatoms. The van der Waals surface area contributed by atoms with Gasteiger partial charge in [0.05, 0.1) is 19.9 Å². The Labute approximate surface area is 171 Å². The lowest BCUT2D eigenvalue weighted by Gasteiger charge is -2.19. The lowest BCUT2D eigenvalue weighted by Crippen LogP contribution is -2.32. The summed E-state index contributed by atoms with van der Waals surface area (Å²) >= 11 is 0. The van der Waals surface area contributed by atoms with Gasteiger partial charge in [-0.05, 0) is 43.3 Å². The maximum absolute atomic E-state index is 12.6. The Morgan fingerprint density at radius 2 is 1.52 bits per heavy atom. The molecule has 0 aliphatic carbocycles. The number of rotatable bonds is 7. The first-order chi connectivity index (χ1) is 13.6. The van der Waals surface area contributed by atoms with Gasteiger partial charge in [0.1, 0.15) is 17.5 Å². The molecule has 7 nitrogen and oxygen atoms in total. The van der Waals surface area contributed by atoms with Gasteiger partial charge in [-0.3, -0.25) is 9.59 Å². The van der Waals surface area contributed by atoms with Crippen molar-refractivity contribution in [2.24, 2.45) is 5.41 Å². The molecule has 0 radical (unpaired) electrons. The molecule has 2 amide bonds. The van der Waals surface area contributed by atoms with Crippen molar-refractivity contribution in [3.05, 3.63) is 42.5 Å². The van der Waals surface area contributed by atoms with Gasteiger partial charge in [-0.15, -0.1) is 0 Å². The second-order valence-electron chi connectivity index (χ2n) is 7.70. The van der Waals surface area contributed by atoms with Crippen molar-refractivity contribution in [3.8, 4) is 11.5 Å². The molecule has 0 aliphatic rings. The molecule has 1 unspecified atom stereocenters. The highest BCUT2D eigenvalue weighted by atomic mass is 16.5. The molecule has 3 N–H and O–H groups in total. The second kappa shape index (κ2) is 9.32. The van der Waals surface area contributed by atoms with Crippen molar-refractivity contribution in [1.82, 2.24) is 0 Å². The van der Waals surface area contributed by atoms with Crippen LogP contribution in [0.5, 0.6) is 11.5 Å². The van der Waals surface area contributed by atoms with E-state index in [1.165, 1.54) is 0 Å². The molecule has 156 valence electrons. The van der Waals surface area contributed by atoms with Crippen molar-refractivity contribution in [3.63, 3.8) is 0 Å². The Hall–Kier alpha value is -3.22. The van der Waals surface area contributed by atoms with Gasteiger partial charge in [0.2, 0.25) is 11.8 Å². The summed E-state index contributed by atoms with van der Waals surface area (Å²) in [5, 5.41) is 8.86. The van der Waals surface area contributed by atoms with Crippen molar-refractivity contribution in [2.75, 3.05) is 30.2 Å². The van der Waals surface area contributed by atoms with E-state index in [-0.39, 0.29) is 11.8 Å². The van der Waals surface area contributed by atoms with E-state index in [1.54, 1.807) is 51.5 Å². The minimum Gasteiger partial charge on any atom is -0.497 e. The third kappa shape index (κ3) is 6.14. The molecule has 0 aliphatic heterocycles. The molecule has 0 bridgehead atoms. The fourth-order valence-electron chi connectivity index (χ4n) is 2.44. The van der Waals surface area contributed by atoms with E-state index >= 15 is 0 Å². The SMILES string of the molecule is COc1ccc(OC)c(NC(=O)C(C)Nc2ccc(NC(=O)C(C)(C)C)cc2)c1. The number of ether oxygens (including phenoxy) is 2. The van der Waals surface area contributed by atoms with Crippen LogP contribution in [0, 0.1) is 5.41 Å². The summed E-state index contributed by atoms with van der Waals surface area (Å²) < 4.78 is 10.5. The summed E-state index contributed by atoms with van der Waals surface area (Å²) in [7, 11) is 3.10. The van der Waals surface area contributed by atoms with E-state index in [0.717, 1.165) is 5.69 Å². The van der Waals surface area contributed by atoms with E-state index in [9.17, 15) is 9.59 Å². The Morgan fingerprint density at radius 3 is 2.07 bits per heavy atom. The summed E-state index contributed by atoms with van der Waals surface area (Å²) in [5.41, 5.74) is 1.53. The molecular weight excluding hydrogens is 370 g/mol. The van der Waals surface area contributed by atoms with Crippen molar-refractivity contribution in [2.45, 2.75) is 33.7 Å². The zero-order chi connectivity index (χ0) is 21.6. The number of methoxy groups -OCH3 is 2. The quantitative estimate of drug-likeness (QED) is 0.652. The number of carbonyl (C=O) groups excluding carboxylic acids is 2. The molecule has 0 heterocycles. The van der Waals surface area contributed by atoms with Gasteiger partial charge in [-0.2, -0.15) is 0 Å². The average Bonchev–Trinajstić information content (AvgIpc) is 2.68. The van der Waals surface area contributed by atoms with Gasteiger partial charge in [-0.1, -0.05) is 20.8 Å². The summed E-state index contributed by atoms with van der Waals surface area (Å²) in [6.07, 6.45) is 0. The Balaban J connectivity index is 2.00. The molecule has 2 aromatic carbocycles. The number of hydrogen-bond acceptors (Lipinski definition) is 5. The second-order valence-corrected chi connectivity index (χ2v) is 7.70. The van der Waals surface area contributed by atoms with Crippen LogP contribution >= 0.6 is 0 Å². The smallest absolute Gasteiger partial charge is 0.246 e. The fraction of sp³-hybridized carbons (Fsp3) is 0.364. The van der Waals surface area contributed by atoms with Crippen LogP contribution in [0.4, 0.5) is 17.1 Å². The molecule has 2 rings (SSSR count). The van der Waals surface area contributed by atoms with Crippen LogP contribution < -0.4 is 25.4 Å². The van der Waals surface area contributed by atoms with Gasteiger partial charge in [0, 0.05) is 22.9 Å². The number of anilines is 3. The first kappa shape index (κ1) is 22.1. The maximum Gasteiger partial charge on any atom is 0.246 e. The predicted molar refractivity (Wildman–Crippen MR) is 116 cm³/mol. The summed E-state index contributed by atoms with van der Waals surface area (Å²) in [5.74, 6) is 0.889. The summed E-state index contributed by atoms with van der Waals surface area (Å²) in [4.78, 5) is 24.6. The average molecular weight is 399 g/mol. The van der Waals surface area contributed by atoms with Crippen LogP contribution in [0.15, 0.2) is 42.5 Å². The third-order valence-corrected chi connectivity index (χ3v) is 4.26. The molecule has 0 saturated heterocycles. The van der Waals surface area contributed by atoms with E-state index in [1.807, 2.05) is 32.9 Å². The minimum atomic E-state index is -0.499. The standard InChI is InChI=1S/C22H29N3O4/c1-14(20(26)25-18-13-17(28-5)11-12-19(18)29-6)23-15-7-9-16(10-8-15)24-21(27)22(2,3)4/h7-14,23H,1-6H3,(H,24,27)(H,25,26). The Kier molecular flexibility index (Phi) is 7.09. The van der Waals surface area contributed by atoms with Gasteiger partial charge < -0.3 is 25.4 Å². The molecule has 1 atom stereocenters. The van der Waals surface area contributed by atoms with Gasteiger partial charge in [0.25, 0.3) is 0 Å². The maximum atomic E-state index is 12.6. The normalized spacial score (nSPS) is 11.9. The minimum absolute atomic E-state index is 0.0572. The highest BCUT2D eigenvalue weighted by Crippen LogP contribution is 2.29. The number of amides is 2. The van der Waals surface area contributed by atoms with Gasteiger partial charge in [-0.25, -0.2) is 0 Å². The first-order valence-corrected chi connectivity index (χ1v) is 9.35. The van der Waals surface area contributed by atoms with Crippen molar-refractivity contribution >= 4 is 28.9 Å². The van der Waals surface area contributed by atoms with Crippen LogP contribution in [0.1, 0.15) is 27.7 Å². The third-order valence-electron chi connectivity index (χ3n) is 4.26. The molecule has 0 saturated carbocycles.